The molecule has 6 heteroatoms. The highest BCUT2D eigenvalue weighted by atomic mass is 16.5. The number of aromatic nitrogens is 1. The first-order valence-electron chi connectivity index (χ1n) is 6.40. The lowest BCUT2D eigenvalue weighted by Gasteiger charge is -2.13. The summed E-state index contributed by atoms with van der Waals surface area (Å²) >= 11 is 0. The standard InChI is InChI=1S/C15H15NO5/c1-2-19-13-5-3-4-11(6-7-14(17)18)15(13)20-10-12-8-9-16-21-12/h3-9H,2,10H2,1H3,(H,17,18)/b7-6-. The zero-order valence-electron chi connectivity index (χ0n) is 11.5. The van der Waals surface area contributed by atoms with Gasteiger partial charge in [-0.15, -0.1) is 0 Å². The van der Waals surface area contributed by atoms with Gasteiger partial charge < -0.3 is 19.1 Å². The van der Waals surface area contributed by atoms with E-state index in [-0.39, 0.29) is 6.61 Å². The smallest absolute Gasteiger partial charge is 0.328 e. The summed E-state index contributed by atoms with van der Waals surface area (Å²) in [6.45, 7) is 2.52. The maximum absolute atomic E-state index is 10.7. The van der Waals surface area contributed by atoms with Gasteiger partial charge in [0.25, 0.3) is 0 Å². The lowest BCUT2D eigenvalue weighted by molar-refractivity contribution is -0.131. The quantitative estimate of drug-likeness (QED) is 0.789. The van der Waals surface area contributed by atoms with E-state index in [9.17, 15) is 4.79 Å². The van der Waals surface area contributed by atoms with Crippen LogP contribution in [0.1, 0.15) is 18.2 Å². The molecule has 0 radical (unpaired) electrons. The molecule has 0 aliphatic heterocycles. The van der Waals surface area contributed by atoms with Crippen molar-refractivity contribution < 1.29 is 23.9 Å². The van der Waals surface area contributed by atoms with Crippen LogP contribution in [-0.2, 0) is 11.4 Å². The molecule has 1 N–H and O–H groups in total. The van der Waals surface area contributed by atoms with Crippen LogP contribution < -0.4 is 9.47 Å². The molecule has 0 saturated carbocycles. The maximum Gasteiger partial charge on any atom is 0.328 e. The van der Waals surface area contributed by atoms with Crippen molar-refractivity contribution in [3.63, 3.8) is 0 Å². The second kappa shape index (κ2) is 7.14. The van der Waals surface area contributed by atoms with E-state index in [1.165, 1.54) is 12.3 Å². The van der Waals surface area contributed by atoms with Gasteiger partial charge in [0.2, 0.25) is 0 Å². The number of hydrogen-bond acceptors (Lipinski definition) is 5. The summed E-state index contributed by atoms with van der Waals surface area (Å²) < 4.78 is 16.2. The SMILES string of the molecule is CCOc1cccc(/C=C\C(=O)O)c1OCc1ccno1. The predicted octanol–water partition coefficient (Wildman–Crippen LogP) is 2.75. The Bertz CT molecular complexity index is 619. The zero-order chi connectivity index (χ0) is 15.1. The zero-order valence-corrected chi connectivity index (χ0v) is 11.5. The maximum atomic E-state index is 10.7. The highest BCUT2D eigenvalue weighted by Gasteiger charge is 2.11. The Morgan fingerprint density at radius 3 is 2.90 bits per heavy atom. The van der Waals surface area contributed by atoms with Gasteiger partial charge in [-0.05, 0) is 19.1 Å². The topological polar surface area (TPSA) is 81.8 Å². The molecule has 1 heterocycles. The summed E-state index contributed by atoms with van der Waals surface area (Å²) in [5.41, 5.74) is 0.614. The first kappa shape index (κ1) is 14.6. The van der Waals surface area contributed by atoms with Crippen molar-refractivity contribution in [2.45, 2.75) is 13.5 Å². The Hall–Kier alpha value is -2.76. The van der Waals surface area contributed by atoms with Crippen molar-refractivity contribution in [1.29, 1.82) is 0 Å². The van der Waals surface area contributed by atoms with Crippen molar-refractivity contribution >= 4 is 12.0 Å². The molecular formula is C15H15NO5. The lowest BCUT2D eigenvalue weighted by Crippen LogP contribution is -2.01. The van der Waals surface area contributed by atoms with Gasteiger partial charge >= 0.3 is 5.97 Å². The predicted molar refractivity (Wildman–Crippen MR) is 75.1 cm³/mol. The fourth-order valence-corrected chi connectivity index (χ4v) is 1.71. The Labute approximate surface area is 121 Å². The minimum Gasteiger partial charge on any atom is -0.490 e. The Balaban J connectivity index is 2.26. The molecule has 21 heavy (non-hydrogen) atoms. The number of carboxylic acids is 1. The summed E-state index contributed by atoms with van der Waals surface area (Å²) in [4.78, 5) is 10.7. The van der Waals surface area contributed by atoms with Crippen molar-refractivity contribution in [3.8, 4) is 11.5 Å². The van der Waals surface area contributed by atoms with Gasteiger partial charge in [-0.1, -0.05) is 17.3 Å². The third kappa shape index (κ3) is 4.10. The van der Waals surface area contributed by atoms with Crippen LogP contribution in [0.5, 0.6) is 11.5 Å². The molecule has 0 fully saturated rings. The highest BCUT2D eigenvalue weighted by Crippen LogP contribution is 2.33. The van der Waals surface area contributed by atoms with E-state index >= 15 is 0 Å². The third-order valence-electron chi connectivity index (χ3n) is 2.56. The highest BCUT2D eigenvalue weighted by molar-refractivity contribution is 5.86. The number of ether oxygens (including phenoxy) is 2. The fourth-order valence-electron chi connectivity index (χ4n) is 1.71. The molecule has 0 spiro atoms. The van der Waals surface area contributed by atoms with Crippen LogP contribution in [-0.4, -0.2) is 22.8 Å². The molecule has 2 rings (SSSR count). The summed E-state index contributed by atoms with van der Waals surface area (Å²) in [6, 6.07) is 6.97. The number of nitrogens with zero attached hydrogens (tertiary/aromatic N) is 1. The average Bonchev–Trinajstić information content (AvgIpc) is 2.97. The Kier molecular flexibility index (Phi) is 4.98. The lowest BCUT2D eigenvalue weighted by atomic mass is 10.1. The van der Waals surface area contributed by atoms with Gasteiger partial charge in [0.05, 0.1) is 12.8 Å². The summed E-state index contributed by atoms with van der Waals surface area (Å²) in [5, 5.41) is 12.3. The summed E-state index contributed by atoms with van der Waals surface area (Å²) in [5.74, 6) is 0.547. The second-order valence-corrected chi connectivity index (χ2v) is 4.05. The summed E-state index contributed by atoms with van der Waals surface area (Å²) in [7, 11) is 0. The molecule has 0 aliphatic carbocycles. The van der Waals surface area contributed by atoms with E-state index < -0.39 is 5.97 Å². The van der Waals surface area contributed by atoms with Gasteiger partial charge in [0, 0.05) is 17.7 Å². The van der Waals surface area contributed by atoms with Crippen LogP contribution in [0.3, 0.4) is 0 Å². The van der Waals surface area contributed by atoms with Gasteiger partial charge in [0.15, 0.2) is 17.3 Å². The minimum absolute atomic E-state index is 0.179. The van der Waals surface area contributed by atoms with Crippen LogP contribution in [0.2, 0.25) is 0 Å². The normalized spacial score (nSPS) is 10.7. The van der Waals surface area contributed by atoms with E-state index in [1.807, 2.05) is 6.92 Å². The Morgan fingerprint density at radius 2 is 2.24 bits per heavy atom. The molecular weight excluding hydrogens is 274 g/mol. The molecule has 0 saturated heterocycles. The molecule has 1 aromatic carbocycles. The van der Waals surface area contributed by atoms with Crippen molar-refractivity contribution in [1.82, 2.24) is 5.16 Å². The fraction of sp³-hybridized carbons (Fsp3) is 0.200. The van der Waals surface area contributed by atoms with E-state index in [2.05, 4.69) is 5.16 Å². The van der Waals surface area contributed by atoms with Crippen molar-refractivity contribution in [2.75, 3.05) is 6.61 Å². The van der Waals surface area contributed by atoms with Gasteiger partial charge in [-0.2, -0.15) is 0 Å². The van der Waals surface area contributed by atoms with E-state index in [4.69, 9.17) is 19.1 Å². The molecule has 0 atom stereocenters. The second-order valence-electron chi connectivity index (χ2n) is 4.05. The number of para-hydroxylation sites is 1. The first-order valence-corrected chi connectivity index (χ1v) is 6.40. The van der Waals surface area contributed by atoms with Crippen molar-refractivity contribution in [3.05, 3.63) is 47.9 Å². The third-order valence-corrected chi connectivity index (χ3v) is 2.56. The molecule has 0 amide bonds. The summed E-state index contributed by atoms with van der Waals surface area (Å²) in [6.07, 6.45) is 4.03. The Morgan fingerprint density at radius 1 is 1.38 bits per heavy atom. The van der Waals surface area contributed by atoms with Gasteiger partial charge in [-0.3, -0.25) is 0 Å². The molecule has 2 aromatic rings. The van der Waals surface area contributed by atoms with Crippen LogP contribution in [0.25, 0.3) is 6.08 Å². The van der Waals surface area contributed by atoms with Crippen LogP contribution in [0, 0.1) is 0 Å². The minimum atomic E-state index is -1.03. The number of rotatable bonds is 7. The van der Waals surface area contributed by atoms with E-state index in [0.717, 1.165) is 6.08 Å². The molecule has 0 bridgehead atoms. The number of benzene rings is 1. The first-order chi connectivity index (χ1) is 10.2. The number of aliphatic carboxylic acids is 1. The average molecular weight is 289 g/mol. The molecule has 1 aromatic heterocycles. The van der Waals surface area contributed by atoms with Gasteiger partial charge in [0.1, 0.15) is 6.61 Å². The van der Waals surface area contributed by atoms with E-state index in [1.54, 1.807) is 24.3 Å². The number of hydrogen-bond donors (Lipinski definition) is 1. The molecule has 0 unspecified atom stereocenters. The number of carboxylic acid groups (broad SMARTS) is 1. The van der Waals surface area contributed by atoms with Crippen molar-refractivity contribution in [2.24, 2.45) is 0 Å². The molecule has 0 aliphatic rings. The van der Waals surface area contributed by atoms with Crippen LogP contribution in [0.4, 0.5) is 0 Å². The monoisotopic (exact) mass is 289 g/mol. The van der Waals surface area contributed by atoms with E-state index in [0.29, 0.717) is 29.4 Å². The largest absolute Gasteiger partial charge is 0.490 e. The molecule has 6 nitrogen and oxygen atoms in total. The van der Waals surface area contributed by atoms with Crippen LogP contribution >= 0.6 is 0 Å². The molecule has 110 valence electrons. The van der Waals surface area contributed by atoms with Gasteiger partial charge in [-0.25, -0.2) is 4.79 Å². The van der Waals surface area contributed by atoms with Crippen LogP contribution in [0.15, 0.2) is 41.1 Å². The number of carbonyl (C=O) groups is 1.